The molecule has 0 bridgehead atoms. The van der Waals surface area contributed by atoms with Gasteiger partial charge in [-0.3, -0.25) is 0 Å². The fraction of sp³-hybridized carbons (Fsp3) is 0.238. The lowest BCUT2D eigenvalue weighted by molar-refractivity contribution is 0.295. The number of sulfone groups is 1. The zero-order chi connectivity index (χ0) is 17.6. The minimum atomic E-state index is -3.18. The van der Waals surface area contributed by atoms with Gasteiger partial charge < -0.3 is 4.90 Å². The van der Waals surface area contributed by atoms with Crippen LogP contribution in [0.1, 0.15) is 22.6 Å². The molecule has 0 radical (unpaired) electrons. The average Bonchev–Trinajstić information content (AvgIpc) is 2.59. The van der Waals surface area contributed by atoms with Gasteiger partial charge in [0, 0.05) is 25.3 Å². The lowest BCUT2D eigenvalue weighted by atomic mass is 9.84. The summed E-state index contributed by atoms with van der Waals surface area (Å²) in [5.74, 6) is 0.256. The number of hydrogen-bond acceptors (Lipinski definition) is 3. The summed E-state index contributed by atoms with van der Waals surface area (Å²) in [5.41, 5.74) is 3.62. The van der Waals surface area contributed by atoms with Crippen molar-refractivity contribution < 1.29 is 8.42 Å². The molecular weight excluding hydrogens is 330 g/mol. The molecule has 0 saturated heterocycles. The fourth-order valence-corrected chi connectivity index (χ4v) is 4.44. The first-order chi connectivity index (χ1) is 11.9. The van der Waals surface area contributed by atoms with E-state index < -0.39 is 9.84 Å². The van der Waals surface area contributed by atoms with Crippen molar-refractivity contribution in [1.82, 2.24) is 4.90 Å². The van der Waals surface area contributed by atoms with E-state index in [1.807, 2.05) is 12.1 Å². The smallest absolute Gasteiger partial charge is 0.175 e. The van der Waals surface area contributed by atoms with E-state index >= 15 is 0 Å². The monoisotopic (exact) mass is 351 g/mol. The molecule has 1 atom stereocenters. The second-order valence-corrected chi connectivity index (χ2v) is 9.00. The van der Waals surface area contributed by atoms with Crippen molar-refractivity contribution in [3.8, 4) is 0 Å². The van der Waals surface area contributed by atoms with Gasteiger partial charge in [0.15, 0.2) is 9.84 Å². The third-order valence-corrected chi connectivity index (χ3v) is 6.14. The fourth-order valence-electron chi connectivity index (χ4n) is 3.76. The highest BCUT2D eigenvalue weighted by molar-refractivity contribution is 7.90. The molecule has 0 saturated carbocycles. The Bertz CT molecular complexity index is 1060. The first kappa shape index (κ1) is 16.3. The molecule has 1 aliphatic rings. The number of benzene rings is 3. The van der Waals surface area contributed by atoms with E-state index in [1.165, 1.54) is 28.2 Å². The molecule has 0 N–H and O–H groups in total. The summed E-state index contributed by atoms with van der Waals surface area (Å²) >= 11 is 0. The zero-order valence-corrected chi connectivity index (χ0v) is 15.3. The number of hydrogen-bond donors (Lipinski definition) is 0. The van der Waals surface area contributed by atoms with Crippen molar-refractivity contribution in [2.75, 3.05) is 19.8 Å². The molecule has 1 unspecified atom stereocenters. The Hall–Kier alpha value is -2.17. The van der Waals surface area contributed by atoms with E-state index in [9.17, 15) is 8.42 Å². The Balaban J connectivity index is 1.83. The Labute approximate surface area is 148 Å². The number of rotatable bonds is 2. The first-order valence-corrected chi connectivity index (χ1v) is 10.3. The Morgan fingerprint density at radius 1 is 0.960 bits per heavy atom. The van der Waals surface area contributed by atoms with Crippen LogP contribution in [0.2, 0.25) is 0 Å². The van der Waals surface area contributed by atoms with Gasteiger partial charge in [0.05, 0.1) is 4.90 Å². The van der Waals surface area contributed by atoms with Gasteiger partial charge in [-0.05, 0) is 46.6 Å². The highest BCUT2D eigenvalue weighted by Gasteiger charge is 2.26. The van der Waals surface area contributed by atoms with Crippen molar-refractivity contribution in [1.29, 1.82) is 0 Å². The number of nitrogens with zero attached hydrogens (tertiary/aromatic N) is 1. The molecule has 1 heterocycles. The second kappa shape index (κ2) is 5.97. The molecule has 3 aromatic rings. The van der Waals surface area contributed by atoms with Crippen LogP contribution in [0.25, 0.3) is 10.8 Å². The normalized spacial score (nSPS) is 18.2. The molecule has 0 spiro atoms. The van der Waals surface area contributed by atoms with Crippen LogP contribution >= 0.6 is 0 Å². The number of fused-ring (bicyclic) bond motifs is 2. The molecule has 0 aliphatic carbocycles. The molecular formula is C21H21NO2S. The van der Waals surface area contributed by atoms with Crippen molar-refractivity contribution in [3.63, 3.8) is 0 Å². The van der Waals surface area contributed by atoms with Crippen molar-refractivity contribution in [2.45, 2.75) is 17.4 Å². The molecule has 25 heavy (non-hydrogen) atoms. The summed E-state index contributed by atoms with van der Waals surface area (Å²) in [5, 5.41) is 2.48. The molecule has 3 aromatic carbocycles. The van der Waals surface area contributed by atoms with Gasteiger partial charge in [-0.2, -0.15) is 0 Å². The standard InChI is InChI=1S/C21H21NO2S/c1-22-13-18-12-19(25(2,23)24)9-10-20(18)21(14-22)17-8-7-15-5-3-4-6-16(15)11-17/h3-12,21H,13-14H2,1-2H3. The second-order valence-electron chi connectivity index (χ2n) is 6.99. The quantitative estimate of drug-likeness (QED) is 0.704. The van der Waals surface area contributed by atoms with Gasteiger partial charge in [0.2, 0.25) is 0 Å². The van der Waals surface area contributed by atoms with E-state index in [0.29, 0.717) is 4.90 Å². The van der Waals surface area contributed by atoms with Crippen molar-refractivity contribution in [2.24, 2.45) is 0 Å². The van der Waals surface area contributed by atoms with Gasteiger partial charge in [0.25, 0.3) is 0 Å². The van der Waals surface area contributed by atoms with Gasteiger partial charge in [0.1, 0.15) is 0 Å². The van der Waals surface area contributed by atoms with Crippen LogP contribution in [-0.2, 0) is 16.4 Å². The largest absolute Gasteiger partial charge is 0.301 e. The van der Waals surface area contributed by atoms with Gasteiger partial charge in [-0.15, -0.1) is 0 Å². The van der Waals surface area contributed by atoms with Crippen LogP contribution in [0.4, 0.5) is 0 Å². The van der Waals surface area contributed by atoms with E-state index in [-0.39, 0.29) is 5.92 Å². The van der Waals surface area contributed by atoms with Gasteiger partial charge >= 0.3 is 0 Å². The number of likely N-dealkylation sites (N-methyl/N-ethyl adjacent to an activating group) is 1. The predicted molar refractivity (Wildman–Crippen MR) is 102 cm³/mol. The summed E-state index contributed by atoms with van der Waals surface area (Å²) in [6.07, 6.45) is 1.27. The van der Waals surface area contributed by atoms with E-state index in [4.69, 9.17) is 0 Å². The topological polar surface area (TPSA) is 37.4 Å². The Kier molecular flexibility index (Phi) is 3.89. The van der Waals surface area contributed by atoms with Crippen LogP contribution in [0.3, 0.4) is 0 Å². The maximum absolute atomic E-state index is 11.9. The molecule has 0 fully saturated rings. The summed E-state index contributed by atoms with van der Waals surface area (Å²) < 4.78 is 23.8. The highest BCUT2D eigenvalue weighted by Crippen LogP contribution is 2.35. The lowest BCUT2D eigenvalue weighted by Gasteiger charge is -2.33. The van der Waals surface area contributed by atoms with Crippen LogP contribution in [0.15, 0.2) is 65.6 Å². The maximum atomic E-state index is 11.9. The van der Waals surface area contributed by atoms with E-state index in [0.717, 1.165) is 18.7 Å². The minimum Gasteiger partial charge on any atom is -0.301 e. The zero-order valence-electron chi connectivity index (χ0n) is 14.4. The SMILES string of the molecule is CN1Cc2cc(S(C)(=O)=O)ccc2C(c2ccc3ccccc3c2)C1. The average molecular weight is 351 g/mol. The van der Waals surface area contributed by atoms with Crippen LogP contribution in [0.5, 0.6) is 0 Å². The predicted octanol–water partition coefficient (Wildman–Crippen LogP) is 3.82. The molecule has 4 rings (SSSR count). The van der Waals surface area contributed by atoms with Crippen molar-refractivity contribution >= 4 is 20.6 Å². The highest BCUT2D eigenvalue weighted by atomic mass is 32.2. The molecule has 4 heteroatoms. The summed E-state index contributed by atoms with van der Waals surface area (Å²) in [6, 6.07) is 20.6. The summed E-state index contributed by atoms with van der Waals surface area (Å²) in [4.78, 5) is 2.66. The van der Waals surface area contributed by atoms with Crippen LogP contribution in [0, 0.1) is 0 Å². The van der Waals surface area contributed by atoms with Crippen molar-refractivity contribution in [3.05, 3.63) is 77.4 Å². The molecule has 128 valence electrons. The third kappa shape index (κ3) is 3.08. The molecule has 1 aliphatic heterocycles. The van der Waals surface area contributed by atoms with Crippen LogP contribution in [-0.4, -0.2) is 33.2 Å². The van der Waals surface area contributed by atoms with Gasteiger partial charge in [-0.1, -0.05) is 48.5 Å². The summed E-state index contributed by atoms with van der Waals surface area (Å²) in [7, 11) is -1.10. The molecule has 0 aromatic heterocycles. The Morgan fingerprint density at radius 2 is 1.72 bits per heavy atom. The van der Waals surface area contributed by atoms with E-state index in [1.54, 1.807) is 6.07 Å². The lowest BCUT2D eigenvalue weighted by Crippen LogP contribution is -2.31. The molecule has 0 amide bonds. The summed E-state index contributed by atoms with van der Waals surface area (Å²) in [6.45, 7) is 1.71. The Morgan fingerprint density at radius 3 is 2.48 bits per heavy atom. The first-order valence-electron chi connectivity index (χ1n) is 8.42. The minimum absolute atomic E-state index is 0.256. The van der Waals surface area contributed by atoms with E-state index in [2.05, 4.69) is 54.4 Å². The maximum Gasteiger partial charge on any atom is 0.175 e. The third-order valence-electron chi connectivity index (χ3n) is 5.03. The van der Waals surface area contributed by atoms with Gasteiger partial charge in [-0.25, -0.2) is 8.42 Å². The van der Waals surface area contributed by atoms with Crippen LogP contribution < -0.4 is 0 Å². The molecule has 3 nitrogen and oxygen atoms in total.